The molecule has 8 nitrogen and oxygen atoms in total. The number of nitrogens with one attached hydrogen (secondary N) is 1. The van der Waals surface area contributed by atoms with Gasteiger partial charge in [-0.3, -0.25) is 4.79 Å². The molecule has 0 spiro atoms. The van der Waals surface area contributed by atoms with Crippen molar-refractivity contribution in [1.82, 2.24) is 10.2 Å². The van der Waals surface area contributed by atoms with E-state index in [9.17, 15) is 19.5 Å². The number of hydrogen-bond acceptors (Lipinski definition) is 5. The number of ether oxygens (including phenoxy) is 1. The van der Waals surface area contributed by atoms with Gasteiger partial charge < -0.3 is 25.2 Å². The summed E-state index contributed by atoms with van der Waals surface area (Å²) in [5.74, 6) is -1.72. The zero-order valence-electron chi connectivity index (χ0n) is 19.4. The summed E-state index contributed by atoms with van der Waals surface area (Å²) in [6.07, 6.45) is 0.508. The second-order valence-corrected chi connectivity index (χ2v) is 9.30. The lowest BCUT2D eigenvalue weighted by Crippen LogP contribution is -2.69. The Bertz CT molecular complexity index is 1050. The average Bonchev–Trinajstić information content (AvgIpc) is 3.13. The minimum atomic E-state index is -1.93. The molecule has 2 atom stereocenters. The van der Waals surface area contributed by atoms with Crippen molar-refractivity contribution in [3.8, 4) is 11.1 Å². The van der Waals surface area contributed by atoms with Gasteiger partial charge in [0.05, 0.1) is 13.1 Å². The molecule has 0 saturated carbocycles. The van der Waals surface area contributed by atoms with Crippen molar-refractivity contribution in [2.75, 3.05) is 19.7 Å². The fourth-order valence-electron chi connectivity index (χ4n) is 4.67. The third-order valence-electron chi connectivity index (χ3n) is 6.88. The molecule has 1 fully saturated rings. The van der Waals surface area contributed by atoms with E-state index in [-0.39, 0.29) is 31.5 Å². The van der Waals surface area contributed by atoms with Gasteiger partial charge in [-0.05, 0) is 34.6 Å². The van der Waals surface area contributed by atoms with E-state index in [1.165, 1.54) is 4.90 Å². The topological polar surface area (TPSA) is 116 Å². The predicted molar refractivity (Wildman–Crippen MR) is 125 cm³/mol. The number of carboxylic acids is 1. The van der Waals surface area contributed by atoms with Crippen LogP contribution >= 0.6 is 0 Å². The Morgan fingerprint density at radius 3 is 2.18 bits per heavy atom. The molecule has 2 unspecified atom stereocenters. The number of likely N-dealkylation sites (tertiary alicyclic amines) is 1. The largest absolute Gasteiger partial charge is 0.479 e. The van der Waals surface area contributed by atoms with Gasteiger partial charge in [0.2, 0.25) is 5.91 Å². The van der Waals surface area contributed by atoms with Gasteiger partial charge in [-0.25, -0.2) is 9.59 Å². The molecule has 3 N–H and O–H groups in total. The lowest BCUT2D eigenvalue weighted by atomic mass is 9.91. The second-order valence-electron chi connectivity index (χ2n) is 9.30. The molecule has 34 heavy (non-hydrogen) atoms. The third-order valence-corrected chi connectivity index (χ3v) is 6.88. The third kappa shape index (κ3) is 4.50. The minimum absolute atomic E-state index is 0.0946. The molecule has 1 saturated heterocycles. The summed E-state index contributed by atoms with van der Waals surface area (Å²) in [5, 5.41) is 21.7. The van der Waals surface area contributed by atoms with E-state index in [1.54, 1.807) is 0 Å². The van der Waals surface area contributed by atoms with Crippen LogP contribution in [0.3, 0.4) is 0 Å². The maximum absolute atomic E-state index is 13.0. The highest BCUT2D eigenvalue weighted by molar-refractivity contribution is 5.89. The molecular formula is C26H30N2O6. The van der Waals surface area contributed by atoms with Crippen LogP contribution in [0.2, 0.25) is 0 Å². The summed E-state index contributed by atoms with van der Waals surface area (Å²) in [7, 11) is 0. The zero-order chi connectivity index (χ0) is 24.5. The number of fused-ring (bicyclic) bond motifs is 3. The first-order valence-electron chi connectivity index (χ1n) is 11.6. The molecular weight excluding hydrogens is 436 g/mol. The SMILES string of the molecule is CCC(C)CC(NC(=O)OCC1c2ccccc2-c2ccccc21)C(=O)N1CC(O)(C(=O)O)C1. The van der Waals surface area contributed by atoms with Gasteiger partial charge in [0, 0.05) is 5.92 Å². The predicted octanol–water partition coefficient (Wildman–Crippen LogP) is 2.99. The maximum atomic E-state index is 13.0. The van der Waals surface area contributed by atoms with Gasteiger partial charge in [-0.15, -0.1) is 0 Å². The fourth-order valence-corrected chi connectivity index (χ4v) is 4.67. The van der Waals surface area contributed by atoms with E-state index in [0.29, 0.717) is 6.42 Å². The van der Waals surface area contributed by atoms with Crippen LogP contribution in [0.4, 0.5) is 4.79 Å². The smallest absolute Gasteiger partial charge is 0.407 e. The van der Waals surface area contributed by atoms with Crippen LogP contribution in [0.25, 0.3) is 11.1 Å². The van der Waals surface area contributed by atoms with E-state index in [1.807, 2.05) is 50.2 Å². The number of aliphatic hydroxyl groups is 1. The Labute approximate surface area is 198 Å². The van der Waals surface area contributed by atoms with Crippen molar-refractivity contribution in [2.24, 2.45) is 5.92 Å². The van der Waals surface area contributed by atoms with Gasteiger partial charge in [-0.1, -0.05) is 68.8 Å². The van der Waals surface area contributed by atoms with Gasteiger partial charge in [-0.2, -0.15) is 0 Å². The Hall–Kier alpha value is -3.39. The van der Waals surface area contributed by atoms with Crippen LogP contribution in [-0.4, -0.2) is 64.4 Å². The van der Waals surface area contributed by atoms with Crippen molar-refractivity contribution < 1.29 is 29.3 Å². The number of carboxylic acid groups (broad SMARTS) is 1. The van der Waals surface area contributed by atoms with Gasteiger partial charge in [0.25, 0.3) is 0 Å². The summed E-state index contributed by atoms with van der Waals surface area (Å²) < 4.78 is 5.58. The van der Waals surface area contributed by atoms with Crippen LogP contribution in [0, 0.1) is 5.92 Å². The molecule has 1 heterocycles. The Morgan fingerprint density at radius 2 is 1.65 bits per heavy atom. The van der Waals surface area contributed by atoms with Crippen LogP contribution in [-0.2, 0) is 14.3 Å². The highest BCUT2D eigenvalue weighted by Crippen LogP contribution is 2.44. The molecule has 2 aromatic carbocycles. The zero-order valence-corrected chi connectivity index (χ0v) is 19.4. The molecule has 8 heteroatoms. The van der Waals surface area contributed by atoms with E-state index < -0.39 is 29.6 Å². The molecule has 2 amide bonds. The van der Waals surface area contributed by atoms with Gasteiger partial charge in [0.15, 0.2) is 5.60 Å². The van der Waals surface area contributed by atoms with Crippen molar-refractivity contribution in [2.45, 2.75) is 44.2 Å². The maximum Gasteiger partial charge on any atom is 0.407 e. The number of amides is 2. The molecule has 1 aliphatic carbocycles. The summed E-state index contributed by atoms with van der Waals surface area (Å²) in [6, 6.07) is 15.2. The van der Waals surface area contributed by atoms with Crippen LogP contribution < -0.4 is 5.32 Å². The first kappa shape index (κ1) is 23.8. The number of β-amino-alcohol motifs (C(OH)–C–C–N with tert-alkyl or cyclic N) is 1. The molecule has 0 bridgehead atoms. The van der Waals surface area contributed by atoms with E-state index in [2.05, 4.69) is 17.4 Å². The second kappa shape index (κ2) is 9.46. The van der Waals surface area contributed by atoms with E-state index in [0.717, 1.165) is 28.7 Å². The highest BCUT2D eigenvalue weighted by atomic mass is 16.5. The number of hydrogen-bond donors (Lipinski definition) is 3. The summed E-state index contributed by atoms with van der Waals surface area (Å²) in [6.45, 7) is 3.50. The number of benzene rings is 2. The molecule has 2 aliphatic rings. The quantitative estimate of drug-likeness (QED) is 0.551. The number of nitrogens with zero attached hydrogens (tertiary/aromatic N) is 1. The molecule has 1 aliphatic heterocycles. The van der Waals surface area contributed by atoms with Crippen LogP contribution in [0.5, 0.6) is 0 Å². The van der Waals surface area contributed by atoms with E-state index in [4.69, 9.17) is 9.84 Å². The highest BCUT2D eigenvalue weighted by Gasteiger charge is 2.51. The summed E-state index contributed by atoms with van der Waals surface area (Å²) >= 11 is 0. The monoisotopic (exact) mass is 466 g/mol. The number of carbonyl (C=O) groups excluding carboxylic acids is 2. The lowest BCUT2D eigenvalue weighted by Gasteiger charge is -2.44. The van der Waals surface area contributed by atoms with Gasteiger partial charge >= 0.3 is 12.1 Å². The lowest BCUT2D eigenvalue weighted by molar-refractivity contribution is -0.182. The molecule has 2 aromatic rings. The van der Waals surface area contributed by atoms with E-state index >= 15 is 0 Å². The van der Waals surface area contributed by atoms with Crippen molar-refractivity contribution in [1.29, 1.82) is 0 Å². The molecule has 0 radical (unpaired) electrons. The molecule has 4 rings (SSSR count). The van der Waals surface area contributed by atoms with Crippen molar-refractivity contribution in [3.63, 3.8) is 0 Å². The normalized spacial score (nSPS) is 17.7. The average molecular weight is 467 g/mol. The standard InChI is InChI=1S/C26H30N2O6/c1-3-16(2)12-22(23(29)28-14-26(33,15-28)24(30)31)27-25(32)34-13-21-19-10-6-4-8-17(19)18-9-5-7-11-20(18)21/h4-11,16,21-22,33H,3,12-15H2,1-2H3,(H,27,32)(H,30,31). The van der Waals surface area contributed by atoms with Crippen molar-refractivity contribution in [3.05, 3.63) is 59.7 Å². The van der Waals surface area contributed by atoms with Gasteiger partial charge in [0.1, 0.15) is 12.6 Å². The Balaban J connectivity index is 1.41. The first-order chi connectivity index (χ1) is 16.2. The number of rotatable bonds is 8. The number of alkyl carbamates (subject to hydrolysis) is 1. The minimum Gasteiger partial charge on any atom is -0.479 e. The summed E-state index contributed by atoms with van der Waals surface area (Å²) in [5.41, 5.74) is 2.51. The van der Waals surface area contributed by atoms with Crippen LogP contribution in [0.15, 0.2) is 48.5 Å². The van der Waals surface area contributed by atoms with Crippen LogP contribution in [0.1, 0.15) is 43.7 Å². The molecule has 0 aromatic heterocycles. The Kier molecular flexibility index (Phi) is 6.61. The number of carbonyl (C=O) groups is 3. The van der Waals surface area contributed by atoms with Crippen molar-refractivity contribution >= 4 is 18.0 Å². The first-order valence-corrected chi connectivity index (χ1v) is 11.6. The Morgan fingerprint density at radius 1 is 1.09 bits per heavy atom. The number of aliphatic carboxylic acids is 1. The summed E-state index contributed by atoms with van der Waals surface area (Å²) in [4.78, 5) is 38.1. The fraction of sp³-hybridized carbons (Fsp3) is 0.423. The molecule has 180 valence electrons.